The number of benzene rings is 1. The van der Waals surface area contributed by atoms with Gasteiger partial charge in [0.2, 0.25) is 0 Å². The average Bonchev–Trinajstić information content (AvgIpc) is 2.09. The van der Waals surface area contributed by atoms with Gasteiger partial charge in [0.1, 0.15) is 5.84 Å². The van der Waals surface area contributed by atoms with Crippen molar-refractivity contribution in [3.05, 3.63) is 29.3 Å². The van der Waals surface area contributed by atoms with Crippen molar-refractivity contribution in [1.29, 1.82) is 0 Å². The quantitative estimate of drug-likeness (QED) is 0.553. The molecule has 82 valence electrons. The van der Waals surface area contributed by atoms with Crippen LogP contribution in [0.1, 0.15) is 31.9 Å². The van der Waals surface area contributed by atoms with Crippen molar-refractivity contribution in [2.24, 2.45) is 16.1 Å². The first-order chi connectivity index (χ1) is 6.82. The van der Waals surface area contributed by atoms with Gasteiger partial charge in [-0.1, -0.05) is 39.0 Å². The van der Waals surface area contributed by atoms with Crippen LogP contribution < -0.4 is 5.73 Å². The van der Waals surface area contributed by atoms with E-state index < -0.39 is 0 Å². The minimum Gasteiger partial charge on any atom is -0.387 e. The Morgan fingerprint density at radius 1 is 1.13 bits per heavy atom. The Morgan fingerprint density at radius 3 is 2.00 bits per heavy atom. The normalized spacial score (nSPS) is 13.0. The molecule has 1 rings (SSSR count). The molecular weight excluding hydrogens is 184 g/mol. The molecule has 0 aliphatic carbocycles. The predicted molar refractivity (Wildman–Crippen MR) is 66.7 cm³/mol. The first-order valence-electron chi connectivity index (χ1n) is 5.23. The van der Waals surface area contributed by atoms with E-state index in [9.17, 15) is 0 Å². The van der Waals surface area contributed by atoms with E-state index in [-0.39, 0.29) is 5.41 Å². The summed E-state index contributed by atoms with van der Waals surface area (Å²) in [7, 11) is 0. The molecule has 1 aromatic carbocycles. The Labute approximate surface area is 92.2 Å². The molecule has 0 fully saturated rings. The molecule has 2 N–H and O–H groups in total. The molecule has 0 aliphatic rings. The second-order valence-electron chi connectivity index (χ2n) is 4.99. The second-order valence-corrected chi connectivity index (χ2v) is 4.99. The largest absolute Gasteiger partial charge is 0.387 e. The lowest BCUT2D eigenvalue weighted by Crippen LogP contribution is -2.28. The molecule has 0 unspecified atom stereocenters. The lowest BCUT2D eigenvalue weighted by Gasteiger charge is -2.18. The molecule has 0 bridgehead atoms. The summed E-state index contributed by atoms with van der Waals surface area (Å²) in [5, 5.41) is 0. The van der Waals surface area contributed by atoms with Gasteiger partial charge in [-0.15, -0.1) is 0 Å². The van der Waals surface area contributed by atoms with E-state index in [1.807, 2.05) is 6.07 Å². The van der Waals surface area contributed by atoms with Crippen LogP contribution >= 0.6 is 0 Å². The summed E-state index contributed by atoms with van der Waals surface area (Å²) in [6, 6.07) is 6.15. The molecule has 0 saturated heterocycles. The van der Waals surface area contributed by atoms with Crippen molar-refractivity contribution in [2.75, 3.05) is 0 Å². The highest BCUT2D eigenvalue weighted by molar-refractivity contribution is 5.88. The van der Waals surface area contributed by atoms with Gasteiger partial charge in [-0.3, -0.25) is 0 Å². The van der Waals surface area contributed by atoms with Crippen LogP contribution in [0.4, 0.5) is 5.69 Å². The molecule has 0 atom stereocenters. The number of hydrogen-bond donors (Lipinski definition) is 1. The van der Waals surface area contributed by atoms with Crippen LogP contribution in [-0.2, 0) is 0 Å². The zero-order valence-corrected chi connectivity index (χ0v) is 10.3. The van der Waals surface area contributed by atoms with E-state index in [1.165, 1.54) is 11.1 Å². The Hall–Kier alpha value is -1.31. The summed E-state index contributed by atoms with van der Waals surface area (Å²) in [4.78, 5) is 4.52. The van der Waals surface area contributed by atoms with E-state index >= 15 is 0 Å². The monoisotopic (exact) mass is 204 g/mol. The van der Waals surface area contributed by atoms with Crippen molar-refractivity contribution in [3.63, 3.8) is 0 Å². The maximum Gasteiger partial charge on any atom is 0.105 e. The standard InChI is InChI=1S/C13H20N2/c1-9-7-6-8-10(2)11(9)15-12(14)13(3,4)5/h6-8H,1-5H3,(H2,14,15). The fourth-order valence-corrected chi connectivity index (χ4v) is 1.27. The number of nitrogens with zero attached hydrogens (tertiary/aromatic N) is 1. The fourth-order valence-electron chi connectivity index (χ4n) is 1.27. The molecule has 0 aromatic heterocycles. The van der Waals surface area contributed by atoms with Crippen molar-refractivity contribution >= 4 is 11.5 Å². The summed E-state index contributed by atoms with van der Waals surface area (Å²) >= 11 is 0. The van der Waals surface area contributed by atoms with Gasteiger partial charge in [0.05, 0.1) is 5.69 Å². The Morgan fingerprint density at radius 2 is 1.60 bits per heavy atom. The maximum atomic E-state index is 5.97. The number of rotatable bonds is 1. The van der Waals surface area contributed by atoms with Crippen molar-refractivity contribution in [2.45, 2.75) is 34.6 Å². The Balaban J connectivity index is 3.19. The van der Waals surface area contributed by atoms with Crippen LogP contribution in [0.3, 0.4) is 0 Å². The van der Waals surface area contributed by atoms with Crippen LogP contribution in [0.5, 0.6) is 0 Å². The number of para-hydroxylation sites is 1. The van der Waals surface area contributed by atoms with Gasteiger partial charge >= 0.3 is 0 Å². The zero-order chi connectivity index (χ0) is 11.6. The van der Waals surface area contributed by atoms with Gasteiger partial charge in [0.25, 0.3) is 0 Å². The van der Waals surface area contributed by atoms with E-state index in [1.54, 1.807) is 0 Å². The van der Waals surface area contributed by atoms with Crippen molar-refractivity contribution in [3.8, 4) is 0 Å². The third-order valence-corrected chi connectivity index (χ3v) is 2.44. The summed E-state index contributed by atoms with van der Waals surface area (Å²) in [6.07, 6.45) is 0. The Kier molecular flexibility index (Phi) is 3.18. The molecule has 2 nitrogen and oxygen atoms in total. The van der Waals surface area contributed by atoms with E-state index in [0.29, 0.717) is 5.84 Å². The SMILES string of the molecule is Cc1cccc(C)c1N=C(N)C(C)(C)C. The third kappa shape index (κ3) is 2.82. The topological polar surface area (TPSA) is 38.4 Å². The van der Waals surface area contributed by atoms with E-state index in [4.69, 9.17) is 5.73 Å². The lowest BCUT2D eigenvalue weighted by molar-refractivity contribution is 0.585. The van der Waals surface area contributed by atoms with Gasteiger partial charge < -0.3 is 5.73 Å². The van der Waals surface area contributed by atoms with Crippen LogP contribution in [-0.4, -0.2) is 5.84 Å². The molecule has 1 aromatic rings. The number of nitrogens with two attached hydrogens (primary N) is 1. The Bertz CT molecular complexity index is 364. The van der Waals surface area contributed by atoms with Crippen molar-refractivity contribution < 1.29 is 0 Å². The minimum atomic E-state index is -0.0747. The third-order valence-electron chi connectivity index (χ3n) is 2.44. The molecule has 0 aliphatic heterocycles. The molecule has 0 amide bonds. The predicted octanol–water partition coefficient (Wildman–Crippen LogP) is 3.34. The second kappa shape index (κ2) is 4.05. The van der Waals surface area contributed by atoms with Crippen molar-refractivity contribution in [1.82, 2.24) is 0 Å². The van der Waals surface area contributed by atoms with E-state index in [2.05, 4.69) is 51.7 Å². The molecule has 0 radical (unpaired) electrons. The van der Waals surface area contributed by atoms with E-state index in [0.717, 1.165) is 5.69 Å². The number of aliphatic imine (C=N–C) groups is 1. The van der Waals surface area contributed by atoms with Crippen LogP contribution in [0.2, 0.25) is 0 Å². The molecule has 0 saturated carbocycles. The summed E-state index contributed by atoms with van der Waals surface area (Å²) in [5.41, 5.74) is 9.24. The summed E-state index contributed by atoms with van der Waals surface area (Å²) < 4.78 is 0. The molecule has 2 heteroatoms. The van der Waals surface area contributed by atoms with Crippen LogP contribution in [0, 0.1) is 19.3 Å². The van der Waals surface area contributed by atoms with Gasteiger partial charge in [-0.2, -0.15) is 0 Å². The first kappa shape index (κ1) is 11.8. The smallest absolute Gasteiger partial charge is 0.105 e. The van der Waals surface area contributed by atoms with Gasteiger partial charge in [-0.05, 0) is 25.0 Å². The molecule has 15 heavy (non-hydrogen) atoms. The highest BCUT2D eigenvalue weighted by Gasteiger charge is 2.16. The number of hydrogen-bond acceptors (Lipinski definition) is 1. The molecule has 0 spiro atoms. The number of aryl methyl sites for hydroxylation is 2. The fraction of sp³-hybridized carbons (Fsp3) is 0.462. The van der Waals surface area contributed by atoms with Crippen LogP contribution in [0.15, 0.2) is 23.2 Å². The van der Waals surface area contributed by atoms with Gasteiger partial charge in [-0.25, -0.2) is 4.99 Å². The highest BCUT2D eigenvalue weighted by atomic mass is 14.9. The van der Waals surface area contributed by atoms with Gasteiger partial charge in [0.15, 0.2) is 0 Å². The zero-order valence-electron chi connectivity index (χ0n) is 10.3. The van der Waals surface area contributed by atoms with Gasteiger partial charge in [0, 0.05) is 5.41 Å². The minimum absolute atomic E-state index is 0.0747. The summed E-state index contributed by atoms with van der Waals surface area (Å²) in [6.45, 7) is 10.3. The molecular formula is C13H20N2. The maximum absolute atomic E-state index is 5.97. The lowest BCUT2D eigenvalue weighted by atomic mass is 9.95. The highest BCUT2D eigenvalue weighted by Crippen LogP contribution is 2.25. The average molecular weight is 204 g/mol. The number of amidine groups is 1. The summed E-state index contributed by atoms with van der Waals surface area (Å²) in [5.74, 6) is 0.680. The first-order valence-corrected chi connectivity index (χ1v) is 5.23. The molecule has 0 heterocycles. The van der Waals surface area contributed by atoms with Crippen LogP contribution in [0.25, 0.3) is 0 Å².